The number of aliphatic hydroxyl groups is 1. The monoisotopic (exact) mass is 431 g/mol. The van der Waals surface area contributed by atoms with Gasteiger partial charge in [-0.15, -0.1) is 0 Å². The van der Waals surface area contributed by atoms with E-state index in [1.807, 2.05) is 44.2 Å². The highest BCUT2D eigenvalue weighted by Gasteiger charge is 2.14. The van der Waals surface area contributed by atoms with Gasteiger partial charge in [0.2, 0.25) is 0 Å². The Hall–Kier alpha value is -3.08. The van der Waals surface area contributed by atoms with E-state index in [9.17, 15) is 10.2 Å². The molecule has 0 aliphatic rings. The van der Waals surface area contributed by atoms with E-state index in [0.717, 1.165) is 28.9 Å². The number of phenolic OH excluding ortho intramolecular Hbond substituents is 1. The molecule has 0 bridgehead atoms. The largest absolute Gasteiger partial charge is 0.508 e. The van der Waals surface area contributed by atoms with Crippen molar-refractivity contribution < 1.29 is 14.9 Å². The van der Waals surface area contributed by atoms with Crippen LogP contribution in [-0.2, 0) is 0 Å². The topological polar surface area (TPSA) is 61.7 Å². The first-order chi connectivity index (χ1) is 15.5. The van der Waals surface area contributed by atoms with Crippen molar-refractivity contribution in [3.8, 4) is 11.5 Å². The van der Waals surface area contributed by atoms with Gasteiger partial charge in [-0.25, -0.2) is 0 Å². The summed E-state index contributed by atoms with van der Waals surface area (Å²) in [6.45, 7) is 6.99. The summed E-state index contributed by atoms with van der Waals surface area (Å²) >= 11 is 0. The van der Waals surface area contributed by atoms with Gasteiger partial charge in [-0.05, 0) is 58.5 Å². The molecule has 0 aromatic heterocycles. The number of rotatable bonds is 10. The fourth-order valence-electron chi connectivity index (χ4n) is 3.65. The van der Waals surface area contributed by atoms with Crippen LogP contribution in [0.3, 0.4) is 0 Å². The molecule has 3 rings (SSSR count). The summed E-state index contributed by atoms with van der Waals surface area (Å²) in [5, 5.41) is 23.1. The highest BCUT2D eigenvalue weighted by Crippen LogP contribution is 2.35. The first-order valence-corrected chi connectivity index (χ1v) is 11.2. The van der Waals surface area contributed by atoms with Gasteiger partial charge in [-0.1, -0.05) is 75.4 Å². The van der Waals surface area contributed by atoms with Crippen LogP contribution in [-0.4, -0.2) is 35.5 Å². The van der Waals surface area contributed by atoms with Gasteiger partial charge < -0.3 is 20.3 Å². The van der Waals surface area contributed by atoms with E-state index >= 15 is 0 Å². The van der Waals surface area contributed by atoms with Crippen LogP contribution in [0.2, 0.25) is 0 Å². The van der Waals surface area contributed by atoms with Crippen molar-refractivity contribution in [3.63, 3.8) is 0 Å². The summed E-state index contributed by atoms with van der Waals surface area (Å²) in [7, 11) is 0. The molecule has 1 atom stereocenters. The molecule has 0 heterocycles. The van der Waals surface area contributed by atoms with Crippen molar-refractivity contribution >= 4 is 11.1 Å². The van der Waals surface area contributed by atoms with Crippen molar-refractivity contribution in [2.75, 3.05) is 13.2 Å². The molecule has 0 fully saturated rings. The first kappa shape index (κ1) is 23.6. The third kappa shape index (κ3) is 6.46. The van der Waals surface area contributed by atoms with Gasteiger partial charge in [0.25, 0.3) is 0 Å². The van der Waals surface area contributed by atoms with E-state index in [1.54, 1.807) is 12.1 Å². The normalized spacial score (nSPS) is 13.0. The molecule has 0 spiro atoms. The van der Waals surface area contributed by atoms with E-state index in [2.05, 4.69) is 48.6 Å². The maximum absolute atomic E-state index is 10.1. The Morgan fingerprint density at radius 2 is 1.44 bits per heavy atom. The third-order valence-electron chi connectivity index (χ3n) is 5.28. The van der Waals surface area contributed by atoms with Crippen molar-refractivity contribution in [1.29, 1.82) is 0 Å². The van der Waals surface area contributed by atoms with Gasteiger partial charge in [0, 0.05) is 12.6 Å². The summed E-state index contributed by atoms with van der Waals surface area (Å²) in [5.41, 5.74) is 5.67. The Morgan fingerprint density at radius 1 is 0.844 bits per heavy atom. The van der Waals surface area contributed by atoms with Crippen molar-refractivity contribution in [2.24, 2.45) is 0 Å². The molecule has 0 radical (unpaired) electrons. The van der Waals surface area contributed by atoms with Crippen LogP contribution in [0.25, 0.3) is 11.1 Å². The number of hydrogen-bond acceptors (Lipinski definition) is 4. The van der Waals surface area contributed by atoms with E-state index in [4.69, 9.17) is 4.74 Å². The Labute approximate surface area is 191 Å². The lowest BCUT2D eigenvalue weighted by atomic mass is 9.88. The lowest BCUT2D eigenvalue weighted by Gasteiger charge is -2.18. The lowest BCUT2D eigenvalue weighted by molar-refractivity contribution is 0.104. The number of aliphatic hydroxyl groups excluding tert-OH is 1. The van der Waals surface area contributed by atoms with Gasteiger partial charge in [-0.2, -0.15) is 0 Å². The van der Waals surface area contributed by atoms with Crippen LogP contribution >= 0.6 is 0 Å². The molecule has 0 amide bonds. The molecule has 3 aromatic rings. The standard InChI is InChI=1S/C28H33NO3/c1-4-27(21-8-6-5-7-9-21)28(22-10-14-24(30)15-11-22)23-12-16-26(17-13-23)32-19-25(31)18-29-20(2)3/h5-17,20,25,29-31H,4,18-19H2,1-3H3. The van der Waals surface area contributed by atoms with Crippen molar-refractivity contribution in [1.82, 2.24) is 5.32 Å². The highest BCUT2D eigenvalue weighted by atomic mass is 16.5. The molecule has 0 aliphatic carbocycles. The molecule has 3 N–H and O–H groups in total. The summed E-state index contributed by atoms with van der Waals surface area (Å²) in [6.07, 6.45) is 0.308. The highest BCUT2D eigenvalue weighted by molar-refractivity contribution is 5.98. The van der Waals surface area contributed by atoms with E-state index in [-0.39, 0.29) is 12.4 Å². The minimum Gasteiger partial charge on any atom is -0.508 e. The first-order valence-electron chi connectivity index (χ1n) is 11.2. The van der Waals surface area contributed by atoms with Crippen molar-refractivity contribution in [3.05, 3.63) is 95.6 Å². The van der Waals surface area contributed by atoms with E-state index in [0.29, 0.717) is 12.6 Å². The molecule has 0 aliphatic heterocycles. The number of benzene rings is 3. The van der Waals surface area contributed by atoms with Crippen LogP contribution in [0.4, 0.5) is 0 Å². The Bertz CT molecular complexity index is 993. The van der Waals surface area contributed by atoms with Crippen LogP contribution in [0.15, 0.2) is 78.9 Å². The quantitative estimate of drug-likeness (QED) is 0.371. The molecule has 32 heavy (non-hydrogen) atoms. The predicted octanol–water partition coefficient (Wildman–Crippen LogP) is 5.50. The number of hydrogen-bond donors (Lipinski definition) is 3. The number of ether oxygens (including phenoxy) is 1. The Kier molecular flexibility index (Phi) is 8.48. The molecule has 168 valence electrons. The zero-order chi connectivity index (χ0) is 22.9. The van der Waals surface area contributed by atoms with E-state index < -0.39 is 6.10 Å². The maximum Gasteiger partial charge on any atom is 0.119 e. The van der Waals surface area contributed by atoms with Crippen LogP contribution in [0, 0.1) is 0 Å². The number of phenols is 1. The summed E-state index contributed by atoms with van der Waals surface area (Å²) in [6, 6.07) is 26.0. The predicted molar refractivity (Wildman–Crippen MR) is 132 cm³/mol. The molecule has 0 saturated heterocycles. The fraction of sp³-hybridized carbons (Fsp3) is 0.286. The Morgan fingerprint density at radius 3 is 2.00 bits per heavy atom. The molecular weight excluding hydrogens is 398 g/mol. The van der Waals surface area contributed by atoms with Crippen LogP contribution in [0.1, 0.15) is 43.9 Å². The van der Waals surface area contributed by atoms with Gasteiger partial charge in [-0.3, -0.25) is 0 Å². The number of aromatic hydroxyl groups is 1. The summed E-state index contributed by atoms with van der Waals surface area (Å²) in [4.78, 5) is 0. The van der Waals surface area contributed by atoms with Gasteiger partial charge >= 0.3 is 0 Å². The second-order valence-electron chi connectivity index (χ2n) is 8.17. The van der Waals surface area contributed by atoms with Crippen LogP contribution in [0.5, 0.6) is 11.5 Å². The second kappa shape index (κ2) is 11.5. The summed E-state index contributed by atoms with van der Waals surface area (Å²) in [5.74, 6) is 0.972. The number of nitrogens with one attached hydrogen (secondary N) is 1. The zero-order valence-corrected chi connectivity index (χ0v) is 19.1. The minimum atomic E-state index is -0.561. The van der Waals surface area contributed by atoms with Gasteiger partial charge in [0.1, 0.15) is 24.2 Å². The smallest absolute Gasteiger partial charge is 0.119 e. The fourth-order valence-corrected chi connectivity index (χ4v) is 3.65. The van der Waals surface area contributed by atoms with Crippen LogP contribution < -0.4 is 10.1 Å². The molecule has 3 aromatic carbocycles. The zero-order valence-electron chi connectivity index (χ0n) is 19.1. The molecule has 1 unspecified atom stereocenters. The molecular formula is C28H33NO3. The molecule has 4 nitrogen and oxygen atoms in total. The maximum atomic E-state index is 10.1. The average molecular weight is 432 g/mol. The molecule has 0 saturated carbocycles. The lowest BCUT2D eigenvalue weighted by Crippen LogP contribution is -2.35. The average Bonchev–Trinajstić information content (AvgIpc) is 2.81. The van der Waals surface area contributed by atoms with E-state index in [1.165, 1.54) is 11.1 Å². The van der Waals surface area contributed by atoms with Crippen molar-refractivity contribution in [2.45, 2.75) is 39.3 Å². The third-order valence-corrected chi connectivity index (χ3v) is 5.28. The Balaban J connectivity index is 1.89. The second-order valence-corrected chi connectivity index (χ2v) is 8.17. The summed E-state index contributed by atoms with van der Waals surface area (Å²) < 4.78 is 5.79. The van der Waals surface area contributed by atoms with Gasteiger partial charge in [0.15, 0.2) is 0 Å². The SMILES string of the molecule is CCC(=C(c1ccc(O)cc1)c1ccc(OCC(O)CNC(C)C)cc1)c1ccccc1. The number of allylic oxidation sites excluding steroid dienone is 1. The molecule has 4 heteroatoms. The van der Waals surface area contributed by atoms with Gasteiger partial charge in [0.05, 0.1) is 0 Å². The minimum absolute atomic E-state index is 0.240.